The van der Waals surface area contributed by atoms with Crippen LogP contribution in [0.4, 0.5) is 0 Å². The van der Waals surface area contributed by atoms with Crippen LogP contribution in [0.2, 0.25) is 0 Å². The first-order chi connectivity index (χ1) is 5.87. The second-order valence-corrected chi connectivity index (χ2v) is 5.86. The second-order valence-electron chi connectivity index (χ2n) is 5.86. The van der Waals surface area contributed by atoms with Crippen LogP contribution in [0.3, 0.4) is 0 Å². The van der Waals surface area contributed by atoms with Crippen molar-refractivity contribution in [3.05, 3.63) is 0 Å². The van der Waals surface area contributed by atoms with Gasteiger partial charge in [-0.15, -0.1) is 0 Å². The molecule has 1 aliphatic carbocycles. The van der Waals surface area contributed by atoms with Crippen LogP contribution in [0.1, 0.15) is 59.8 Å². The quantitative estimate of drug-likeness (QED) is 0.663. The van der Waals surface area contributed by atoms with E-state index in [2.05, 4.69) is 27.7 Å². The Morgan fingerprint density at radius 3 is 2.00 bits per heavy atom. The zero-order chi connectivity index (χ0) is 10.1. The van der Waals surface area contributed by atoms with Gasteiger partial charge < -0.3 is 5.73 Å². The topological polar surface area (TPSA) is 26.0 Å². The van der Waals surface area contributed by atoms with E-state index in [1.54, 1.807) is 0 Å². The van der Waals surface area contributed by atoms with Gasteiger partial charge in [0, 0.05) is 5.54 Å². The predicted molar refractivity (Wildman–Crippen MR) is 58.6 cm³/mol. The van der Waals surface area contributed by atoms with Crippen molar-refractivity contribution < 1.29 is 0 Å². The van der Waals surface area contributed by atoms with E-state index in [9.17, 15) is 0 Å². The average Bonchev–Trinajstić information content (AvgIpc) is 2.04. The zero-order valence-electron chi connectivity index (χ0n) is 9.69. The summed E-state index contributed by atoms with van der Waals surface area (Å²) in [6, 6.07) is 0. The molecule has 0 saturated heterocycles. The van der Waals surface area contributed by atoms with Crippen LogP contribution < -0.4 is 5.73 Å². The van der Waals surface area contributed by atoms with Crippen molar-refractivity contribution in [1.29, 1.82) is 0 Å². The molecule has 0 unspecified atom stereocenters. The van der Waals surface area contributed by atoms with E-state index in [4.69, 9.17) is 5.73 Å². The molecule has 1 fully saturated rings. The summed E-state index contributed by atoms with van der Waals surface area (Å²) < 4.78 is 0. The van der Waals surface area contributed by atoms with Crippen LogP contribution in [-0.2, 0) is 0 Å². The van der Waals surface area contributed by atoms with Gasteiger partial charge in [-0.1, -0.05) is 27.7 Å². The van der Waals surface area contributed by atoms with Gasteiger partial charge in [0.2, 0.25) is 0 Å². The summed E-state index contributed by atoms with van der Waals surface area (Å²) in [5, 5.41) is 0. The van der Waals surface area contributed by atoms with Crippen molar-refractivity contribution in [3.8, 4) is 0 Å². The molecule has 0 aromatic heterocycles. The summed E-state index contributed by atoms with van der Waals surface area (Å²) in [6.07, 6.45) is 6.25. The molecule has 1 saturated carbocycles. The maximum Gasteiger partial charge on any atom is 0.0151 e. The Labute approximate surface area is 83.1 Å². The second kappa shape index (κ2) is 3.61. The van der Waals surface area contributed by atoms with Crippen LogP contribution in [0.5, 0.6) is 0 Å². The molecular weight excluding hydrogens is 158 g/mol. The molecule has 0 spiro atoms. The van der Waals surface area contributed by atoms with Crippen molar-refractivity contribution in [2.45, 2.75) is 65.3 Å². The minimum absolute atomic E-state index is 0.168. The highest BCUT2D eigenvalue weighted by atomic mass is 14.7. The van der Waals surface area contributed by atoms with Crippen LogP contribution in [0, 0.1) is 11.3 Å². The molecule has 0 bridgehead atoms. The zero-order valence-corrected chi connectivity index (χ0v) is 9.69. The van der Waals surface area contributed by atoms with E-state index in [0.29, 0.717) is 5.41 Å². The first-order valence-corrected chi connectivity index (χ1v) is 5.66. The fraction of sp³-hybridized carbons (Fsp3) is 1.00. The van der Waals surface area contributed by atoms with Gasteiger partial charge >= 0.3 is 0 Å². The summed E-state index contributed by atoms with van der Waals surface area (Å²) in [5.74, 6) is 0.885. The minimum atomic E-state index is 0.168. The van der Waals surface area contributed by atoms with Gasteiger partial charge in [-0.25, -0.2) is 0 Å². The van der Waals surface area contributed by atoms with Crippen LogP contribution >= 0.6 is 0 Å². The molecule has 13 heavy (non-hydrogen) atoms. The first-order valence-electron chi connectivity index (χ1n) is 5.66. The largest absolute Gasteiger partial charge is 0.325 e. The molecule has 0 amide bonds. The third-order valence-corrected chi connectivity index (χ3v) is 3.91. The van der Waals surface area contributed by atoms with Gasteiger partial charge in [-0.3, -0.25) is 0 Å². The molecule has 0 radical (unpaired) electrons. The van der Waals surface area contributed by atoms with E-state index in [1.165, 1.54) is 25.7 Å². The molecule has 1 aliphatic rings. The summed E-state index contributed by atoms with van der Waals surface area (Å²) in [5.41, 5.74) is 6.91. The molecule has 1 heteroatoms. The molecule has 0 atom stereocenters. The summed E-state index contributed by atoms with van der Waals surface area (Å²) in [4.78, 5) is 0. The molecule has 2 N–H and O–H groups in total. The van der Waals surface area contributed by atoms with Crippen molar-refractivity contribution in [2.75, 3.05) is 0 Å². The highest BCUT2D eigenvalue weighted by Crippen LogP contribution is 2.41. The minimum Gasteiger partial charge on any atom is -0.325 e. The molecule has 0 aromatic carbocycles. The van der Waals surface area contributed by atoms with Gasteiger partial charge in [0.1, 0.15) is 0 Å². The Morgan fingerprint density at radius 1 is 1.23 bits per heavy atom. The average molecular weight is 183 g/mol. The number of hydrogen-bond donors (Lipinski definition) is 1. The van der Waals surface area contributed by atoms with E-state index in [1.807, 2.05) is 0 Å². The Kier molecular flexibility index (Phi) is 3.06. The SMILES string of the molecule is CCC1(N)CCC(C(C)(C)C)CC1. The van der Waals surface area contributed by atoms with E-state index in [-0.39, 0.29) is 5.54 Å². The van der Waals surface area contributed by atoms with Gasteiger partial charge in [-0.2, -0.15) is 0 Å². The maximum atomic E-state index is 6.26. The normalized spacial score (nSPS) is 36.2. The van der Waals surface area contributed by atoms with Gasteiger partial charge in [0.15, 0.2) is 0 Å². The van der Waals surface area contributed by atoms with E-state index < -0.39 is 0 Å². The molecule has 78 valence electrons. The number of rotatable bonds is 1. The van der Waals surface area contributed by atoms with E-state index in [0.717, 1.165) is 12.3 Å². The molecule has 0 aliphatic heterocycles. The van der Waals surface area contributed by atoms with Gasteiger partial charge in [0.05, 0.1) is 0 Å². The standard InChI is InChI=1S/C12H25N/c1-5-12(13)8-6-10(7-9-12)11(2,3)4/h10H,5-9,13H2,1-4H3. The Balaban J connectivity index is 2.48. The molecule has 0 aromatic rings. The summed E-state index contributed by atoms with van der Waals surface area (Å²) >= 11 is 0. The van der Waals surface area contributed by atoms with Crippen molar-refractivity contribution in [2.24, 2.45) is 17.1 Å². The van der Waals surface area contributed by atoms with Crippen LogP contribution in [0.15, 0.2) is 0 Å². The molecule has 0 heterocycles. The smallest absolute Gasteiger partial charge is 0.0151 e. The third-order valence-electron chi connectivity index (χ3n) is 3.91. The Hall–Kier alpha value is -0.0400. The molecule has 1 nitrogen and oxygen atoms in total. The van der Waals surface area contributed by atoms with E-state index >= 15 is 0 Å². The third kappa shape index (κ3) is 2.70. The first kappa shape index (κ1) is 11.0. The lowest BCUT2D eigenvalue weighted by Gasteiger charge is -2.41. The summed E-state index contributed by atoms with van der Waals surface area (Å²) in [7, 11) is 0. The number of nitrogens with two attached hydrogens (primary N) is 1. The highest BCUT2D eigenvalue weighted by Gasteiger charge is 2.34. The Bertz CT molecular complexity index is 158. The van der Waals surface area contributed by atoms with Crippen molar-refractivity contribution in [3.63, 3.8) is 0 Å². The van der Waals surface area contributed by atoms with Crippen molar-refractivity contribution in [1.82, 2.24) is 0 Å². The van der Waals surface area contributed by atoms with Crippen molar-refractivity contribution >= 4 is 0 Å². The maximum absolute atomic E-state index is 6.26. The highest BCUT2D eigenvalue weighted by molar-refractivity contribution is 4.91. The fourth-order valence-corrected chi connectivity index (χ4v) is 2.41. The van der Waals surface area contributed by atoms with Gasteiger partial charge in [-0.05, 0) is 43.4 Å². The van der Waals surface area contributed by atoms with Gasteiger partial charge in [0.25, 0.3) is 0 Å². The monoisotopic (exact) mass is 183 g/mol. The summed E-state index contributed by atoms with van der Waals surface area (Å²) in [6.45, 7) is 9.28. The van der Waals surface area contributed by atoms with Crippen LogP contribution in [-0.4, -0.2) is 5.54 Å². The lowest BCUT2D eigenvalue weighted by Crippen LogP contribution is -2.44. The Morgan fingerprint density at radius 2 is 1.69 bits per heavy atom. The lowest BCUT2D eigenvalue weighted by molar-refractivity contribution is 0.132. The molecule has 1 rings (SSSR count). The number of hydrogen-bond acceptors (Lipinski definition) is 1. The lowest BCUT2D eigenvalue weighted by atomic mass is 9.67. The fourth-order valence-electron chi connectivity index (χ4n) is 2.41. The van der Waals surface area contributed by atoms with Crippen LogP contribution in [0.25, 0.3) is 0 Å². The molecular formula is C12H25N. The predicted octanol–water partition coefficient (Wildman–Crippen LogP) is 3.33.